The number of amides is 2. The molecular formula is C42H75F18N3O18. The third-order valence-corrected chi connectivity index (χ3v) is 5.38. The van der Waals surface area contributed by atoms with Gasteiger partial charge in [0.25, 0.3) is 0 Å². The van der Waals surface area contributed by atoms with E-state index < -0.39 is 121 Å². The summed E-state index contributed by atoms with van der Waals surface area (Å²) in [6.07, 6.45) is -43.2. The van der Waals surface area contributed by atoms with E-state index >= 15 is 0 Å². The standard InChI is InChI=1S/C20H24F8N2O10.C7H9NO3.C4H2F8O3.C2H5FO.CH3FO.8CH4/c1-11(2)13(5)36-9-30-16(33)37-10-38-20(27,28)40-19(25,26)18(23,24)39-17(21,22)8-35-15(32)29-6-7-34-14(31)12(3)4;1-6(2)7(10)11-4-3-8-5-9;5-1-13-4(10,11)14-2(6,7)3(8,9)15-12;3-1-2-4;2-1-3;;;;;;;;/h1,3,5-10H2,2,4H3,(H,29,32)(H,30,33);1,3-4H2,2H3;1H2;4H,1-2H2;3H,1H2;8*1H4. The molecule has 0 rings (SSSR count). The summed E-state index contributed by atoms with van der Waals surface area (Å²) in [5.74, 6) is -1.30. The van der Waals surface area contributed by atoms with E-state index in [2.05, 4.69) is 73.9 Å². The molecule has 0 aliphatic rings. The minimum absolute atomic E-state index is 0. The quantitative estimate of drug-likeness (QED) is 0.00518. The highest BCUT2D eigenvalue weighted by molar-refractivity contribution is 5.87. The monoisotopic (exact) mass is 1250 g/mol. The van der Waals surface area contributed by atoms with Crippen LogP contribution in [-0.4, -0.2) is 157 Å². The number of hydrogen-bond acceptors (Lipinski definition) is 19. The molecule has 0 radical (unpaired) electrons. The summed E-state index contributed by atoms with van der Waals surface area (Å²) in [5, 5.41) is 17.9. The molecule has 0 bridgehead atoms. The van der Waals surface area contributed by atoms with Crippen LogP contribution in [0.2, 0.25) is 0 Å². The van der Waals surface area contributed by atoms with Crippen molar-refractivity contribution in [1.29, 1.82) is 0 Å². The summed E-state index contributed by atoms with van der Waals surface area (Å²) in [7, 11) is 0. The largest absolute Gasteiger partial charge is 0.493 e. The molecule has 0 aromatic carbocycles. The molecule has 0 saturated heterocycles. The molecule has 492 valence electrons. The molecule has 21 nitrogen and oxygen atoms in total. The van der Waals surface area contributed by atoms with Gasteiger partial charge in [-0.1, -0.05) is 85.7 Å². The lowest BCUT2D eigenvalue weighted by molar-refractivity contribution is -0.548. The average molecular weight is 1250 g/mol. The van der Waals surface area contributed by atoms with E-state index in [0.717, 1.165) is 0 Å². The second kappa shape index (κ2) is 53.4. The number of nitrogens with zero attached hydrogens (tertiary/aromatic N) is 1. The molecule has 0 saturated carbocycles. The van der Waals surface area contributed by atoms with Gasteiger partial charge in [-0.3, -0.25) is 14.8 Å². The molecule has 0 fully saturated rings. The van der Waals surface area contributed by atoms with Gasteiger partial charge in [0.2, 0.25) is 12.9 Å². The smallest absolute Gasteiger partial charge is 0.474 e. The highest BCUT2D eigenvalue weighted by Gasteiger charge is 2.68. The summed E-state index contributed by atoms with van der Waals surface area (Å²) in [5.41, 5.74) is 0.693. The third-order valence-electron chi connectivity index (χ3n) is 5.38. The van der Waals surface area contributed by atoms with Gasteiger partial charge >= 0.3 is 67.3 Å². The number of hydrogen-bond donors (Lipinski definition) is 4. The van der Waals surface area contributed by atoms with Crippen LogP contribution in [0.5, 0.6) is 0 Å². The van der Waals surface area contributed by atoms with Crippen LogP contribution >= 0.6 is 0 Å². The van der Waals surface area contributed by atoms with E-state index in [-0.39, 0.29) is 90.5 Å². The number of isocyanates is 1. The summed E-state index contributed by atoms with van der Waals surface area (Å²) >= 11 is 0. The molecule has 0 atom stereocenters. The molecule has 0 aromatic rings. The van der Waals surface area contributed by atoms with E-state index in [1.165, 1.54) is 24.9 Å². The number of aliphatic hydroxyl groups is 2. The molecule has 0 spiro atoms. The summed E-state index contributed by atoms with van der Waals surface area (Å²) in [4.78, 5) is 58.4. The third kappa shape index (κ3) is 57.1. The molecule has 0 aromatic heterocycles. The minimum atomic E-state index is -6.48. The molecule has 0 aliphatic carbocycles. The number of aliphatic hydroxyl groups excluding tert-OH is 2. The van der Waals surface area contributed by atoms with E-state index in [1.54, 1.807) is 12.2 Å². The SMILES string of the molecule is C.C.C.C.C.C.C.C.C=C(C)C(=C)OCNC(=O)OCOC(F)(F)OC(F)(F)C(F)(F)OC(F)(F)COC(=O)NCCOC(=O)C(=C)C.C=C(C)C(=O)OCCN=C=O.FCOC(F)(F)OC(F)(F)C(F)(F)OF.OCCF.OCF. The second-order valence-corrected chi connectivity index (χ2v) is 11.5. The van der Waals surface area contributed by atoms with Gasteiger partial charge in [-0.2, -0.15) is 43.9 Å². The Morgan fingerprint density at radius 2 is 0.938 bits per heavy atom. The van der Waals surface area contributed by atoms with E-state index in [0.29, 0.717) is 11.1 Å². The molecule has 2 amide bonds. The van der Waals surface area contributed by atoms with E-state index in [1.807, 2.05) is 5.32 Å². The Kier molecular flexibility index (Phi) is 70.4. The van der Waals surface area contributed by atoms with Crippen LogP contribution < -0.4 is 10.6 Å². The first kappa shape index (κ1) is 107. The highest BCUT2D eigenvalue weighted by atomic mass is 19.4. The van der Waals surface area contributed by atoms with Crippen LogP contribution in [0.1, 0.15) is 80.2 Å². The predicted octanol–water partition coefficient (Wildman–Crippen LogP) is 11.9. The van der Waals surface area contributed by atoms with Gasteiger partial charge in [0, 0.05) is 11.1 Å². The fourth-order valence-corrected chi connectivity index (χ4v) is 2.34. The number of allylic oxidation sites excluding steroid dienone is 1. The normalized spacial score (nSPS) is 10.4. The minimum Gasteiger partial charge on any atom is -0.474 e. The van der Waals surface area contributed by atoms with Gasteiger partial charge in [0.1, 0.15) is 25.6 Å². The zero-order valence-electron chi connectivity index (χ0n) is 37.3. The molecule has 4 N–H and O–H groups in total. The fourth-order valence-electron chi connectivity index (χ4n) is 2.34. The number of nitrogens with one attached hydrogen (secondary N) is 2. The zero-order chi connectivity index (χ0) is 58.5. The van der Waals surface area contributed by atoms with Crippen LogP contribution in [0.25, 0.3) is 0 Å². The van der Waals surface area contributed by atoms with Gasteiger partial charge in [-0.25, -0.2) is 56.3 Å². The molecular weight excluding hydrogens is 1180 g/mol. The Morgan fingerprint density at radius 1 is 0.556 bits per heavy atom. The van der Waals surface area contributed by atoms with E-state index in [9.17, 15) is 103 Å². The van der Waals surface area contributed by atoms with Crippen molar-refractivity contribution in [3.8, 4) is 0 Å². The summed E-state index contributed by atoms with van der Waals surface area (Å²) in [6, 6.07) is 0. The topological polar surface area (TPSA) is 264 Å². The number of esters is 2. The maximum absolute atomic E-state index is 13.6. The van der Waals surface area contributed by atoms with Crippen molar-refractivity contribution in [3.63, 3.8) is 0 Å². The average Bonchev–Trinajstić information content (AvgIpc) is 3.25. The Morgan fingerprint density at radius 3 is 1.31 bits per heavy atom. The predicted molar refractivity (Wildman–Crippen MR) is 252 cm³/mol. The maximum atomic E-state index is 13.6. The van der Waals surface area contributed by atoms with Crippen molar-refractivity contribution >= 4 is 30.2 Å². The first-order valence-electron chi connectivity index (χ1n) is 17.9. The molecule has 0 aliphatic heterocycles. The lowest BCUT2D eigenvalue weighted by Gasteiger charge is -2.30. The first-order valence-corrected chi connectivity index (χ1v) is 17.9. The van der Waals surface area contributed by atoms with Crippen LogP contribution in [0.4, 0.5) is 88.8 Å². The van der Waals surface area contributed by atoms with Gasteiger partial charge in [-0.05, 0) is 30.9 Å². The van der Waals surface area contributed by atoms with Crippen molar-refractivity contribution in [1.82, 2.24) is 10.6 Å². The van der Waals surface area contributed by atoms with Crippen LogP contribution in [0.3, 0.4) is 0 Å². The molecule has 0 unspecified atom stereocenters. The Hall–Kier alpha value is -5.96. The number of aliphatic imine (C=N–C) groups is 1. The van der Waals surface area contributed by atoms with Crippen LogP contribution in [-0.2, 0) is 66.7 Å². The number of carbonyl (C=O) groups is 4. The van der Waals surface area contributed by atoms with Gasteiger partial charge in [0.15, 0.2) is 27.1 Å². The molecule has 0 heterocycles. The van der Waals surface area contributed by atoms with Gasteiger partial charge < -0.3 is 39.2 Å². The van der Waals surface area contributed by atoms with Crippen LogP contribution in [0, 0.1) is 0 Å². The summed E-state index contributed by atoms with van der Waals surface area (Å²) in [6.45, 7) is 7.67. The number of ether oxygens (including phenoxy) is 10. The number of alkyl halides is 17. The number of rotatable bonds is 29. The second-order valence-electron chi connectivity index (χ2n) is 11.5. The number of alkyl carbamates (subject to hydrolysis) is 2. The van der Waals surface area contributed by atoms with Gasteiger partial charge in [-0.15, -0.1) is 22.5 Å². The van der Waals surface area contributed by atoms with Crippen molar-refractivity contribution in [2.45, 2.75) is 123 Å². The lowest BCUT2D eigenvalue weighted by Crippen LogP contribution is -2.53. The number of halogens is 18. The van der Waals surface area contributed by atoms with Crippen molar-refractivity contribution in [2.24, 2.45) is 4.99 Å². The van der Waals surface area contributed by atoms with Crippen molar-refractivity contribution in [2.75, 3.05) is 73.4 Å². The van der Waals surface area contributed by atoms with Gasteiger partial charge in [0.05, 0.1) is 19.7 Å². The number of carbonyl (C=O) groups excluding carboxylic acids is 5. The Bertz CT molecular complexity index is 1750. The highest BCUT2D eigenvalue weighted by Crippen LogP contribution is 2.44. The lowest BCUT2D eigenvalue weighted by atomic mass is 10.3. The summed E-state index contributed by atoms with van der Waals surface area (Å²) < 4.78 is 256. The zero-order valence-corrected chi connectivity index (χ0v) is 37.3. The maximum Gasteiger partial charge on any atom is 0.493 e. The van der Waals surface area contributed by atoms with E-state index in [4.69, 9.17) is 14.9 Å². The molecule has 39 heteroatoms. The van der Waals surface area contributed by atoms with Crippen LogP contribution in [0.15, 0.2) is 53.8 Å². The first-order chi connectivity index (χ1) is 33.2. The van der Waals surface area contributed by atoms with Crippen molar-refractivity contribution in [3.05, 3.63) is 48.8 Å². The Balaban J connectivity index is -0.0000000847. The fraction of sp³-hybridized carbons (Fsp3) is 0.690. The Labute approximate surface area is 457 Å². The molecule has 81 heavy (non-hydrogen) atoms. The van der Waals surface area contributed by atoms with Crippen molar-refractivity contribution < 1.29 is 166 Å².